The van der Waals surface area contributed by atoms with Crippen molar-refractivity contribution >= 4 is 28.5 Å². The maximum absolute atomic E-state index is 14.4. The molecule has 0 atom stereocenters. The largest absolute Gasteiger partial charge is 0.375 e. The summed E-state index contributed by atoms with van der Waals surface area (Å²) in [6.07, 6.45) is 1.52. The summed E-state index contributed by atoms with van der Waals surface area (Å²) in [4.78, 5) is 29.7. The smallest absolute Gasteiger partial charge is 0.253 e. The number of aromatic nitrogens is 2. The molecular formula is C26H23F3N4O3. The second kappa shape index (κ2) is 10.6. The van der Waals surface area contributed by atoms with Crippen molar-refractivity contribution in [3.05, 3.63) is 94.6 Å². The Kier molecular flexibility index (Phi) is 7.35. The van der Waals surface area contributed by atoms with Crippen LogP contribution in [0.1, 0.15) is 27.0 Å². The number of carbonyl (C=O) groups is 2. The Labute approximate surface area is 204 Å². The van der Waals surface area contributed by atoms with Crippen molar-refractivity contribution in [2.75, 3.05) is 19.0 Å². The van der Waals surface area contributed by atoms with Crippen LogP contribution >= 0.6 is 0 Å². The number of fused-ring (bicyclic) bond motifs is 1. The van der Waals surface area contributed by atoms with Crippen LogP contribution in [-0.2, 0) is 22.6 Å². The zero-order valence-electron chi connectivity index (χ0n) is 19.6. The van der Waals surface area contributed by atoms with Crippen LogP contribution in [0.4, 0.5) is 18.9 Å². The minimum absolute atomic E-state index is 0.133. The van der Waals surface area contributed by atoms with E-state index in [0.717, 1.165) is 11.6 Å². The lowest BCUT2D eigenvalue weighted by Crippen LogP contribution is -2.25. The van der Waals surface area contributed by atoms with Crippen molar-refractivity contribution in [1.29, 1.82) is 0 Å². The number of rotatable bonds is 8. The number of benzene rings is 3. The zero-order chi connectivity index (χ0) is 25.8. The first-order valence-corrected chi connectivity index (χ1v) is 11.0. The Morgan fingerprint density at radius 1 is 1.06 bits per heavy atom. The first kappa shape index (κ1) is 24.9. The third-order valence-corrected chi connectivity index (χ3v) is 5.59. The monoisotopic (exact) mass is 496 g/mol. The van der Waals surface area contributed by atoms with Gasteiger partial charge in [-0.05, 0) is 48.4 Å². The van der Waals surface area contributed by atoms with Crippen molar-refractivity contribution in [2.45, 2.75) is 20.0 Å². The van der Waals surface area contributed by atoms with E-state index < -0.39 is 23.4 Å². The predicted molar refractivity (Wildman–Crippen MR) is 128 cm³/mol. The fourth-order valence-corrected chi connectivity index (χ4v) is 3.83. The van der Waals surface area contributed by atoms with E-state index >= 15 is 0 Å². The van der Waals surface area contributed by atoms with E-state index in [4.69, 9.17) is 4.74 Å². The van der Waals surface area contributed by atoms with Crippen LogP contribution in [0.2, 0.25) is 0 Å². The number of ether oxygens (including phenoxy) is 1. The lowest BCUT2D eigenvalue weighted by molar-refractivity contribution is -0.119. The molecule has 36 heavy (non-hydrogen) atoms. The van der Waals surface area contributed by atoms with E-state index in [1.165, 1.54) is 44.6 Å². The number of hydrogen-bond donors (Lipinski definition) is 2. The average molecular weight is 496 g/mol. The molecule has 2 N–H and O–H groups in total. The van der Waals surface area contributed by atoms with Crippen LogP contribution in [0.25, 0.3) is 11.0 Å². The lowest BCUT2D eigenvalue weighted by atomic mass is 10.1. The highest BCUT2D eigenvalue weighted by atomic mass is 19.1. The van der Waals surface area contributed by atoms with E-state index in [-0.39, 0.29) is 42.2 Å². The number of hydrogen-bond acceptors (Lipinski definition) is 4. The average Bonchev–Trinajstić information content (AvgIpc) is 3.25. The van der Waals surface area contributed by atoms with Crippen LogP contribution < -0.4 is 10.6 Å². The molecule has 0 aliphatic heterocycles. The second-order valence-corrected chi connectivity index (χ2v) is 8.21. The number of aryl methyl sites for hydroxylation is 1. The lowest BCUT2D eigenvalue weighted by Gasteiger charge is -2.13. The molecule has 0 saturated heterocycles. The van der Waals surface area contributed by atoms with Gasteiger partial charge in [-0.25, -0.2) is 18.2 Å². The van der Waals surface area contributed by atoms with Gasteiger partial charge >= 0.3 is 0 Å². The normalized spacial score (nSPS) is 11.0. The highest BCUT2D eigenvalue weighted by Gasteiger charge is 2.19. The topological polar surface area (TPSA) is 85.2 Å². The Balaban J connectivity index is 1.71. The van der Waals surface area contributed by atoms with Gasteiger partial charge in [-0.1, -0.05) is 18.2 Å². The summed E-state index contributed by atoms with van der Waals surface area (Å²) in [6, 6.07) is 11.4. The third-order valence-electron chi connectivity index (χ3n) is 5.59. The van der Waals surface area contributed by atoms with Gasteiger partial charge in [0.2, 0.25) is 5.91 Å². The molecule has 3 aromatic carbocycles. The van der Waals surface area contributed by atoms with Crippen molar-refractivity contribution < 1.29 is 27.5 Å². The summed E-state index contributed by atoms with van der Waals surface area (Å²) in [6.45, 7) is 1.22. The molecule has 7 nitrogen and oxygen atoms in total. The minimum Gasteiger partial charge on any atom is -0.375 e. The van der Waals surface area contributed by atoms with Gasteiger partial charge in [-0.2, -0.15) is 0 Å². The van der Waals surface area contributed by atoms with Crippen LogP contribution in [0.3, 0.4) is 0 Å². The third kappa shape index (κ3) is 5.38. The molecule has 0 bridgehead atoms. The molecule has 4 rings (SSSR count). The van der Waals surface area contributed by atoms with Crippen LogP contribution in [0, 0.1) is 24.4 Å². The SMILES string of the molecule is COCC(=O)Nc1cc(C(=O)NCc2c(F)ccc(C)c2F)c2c(c1)ncn2Cc1ccc(F)cc1. The summed E-state index contributed by atoms with van der Waals surface area (Å²) in [7, 11) is 1.38. The van der Waals surface area contributed by atoms with E-state index in [1.807, 2.05) is 0 Å². The van der Waals surface area contributed by atoms with E-state index in [2.05, 4.69) is 15.6 Å². The molecule has 0 unspecified atom stereocenters. The quantitative estimate of drug-likeness (QED) is 0.381. The molecule has 4 aromatic rings. The molecule has 10 heteroatoms. The number of anilines is 1. The molecule has 0 radical (unpaired) electrons. The maximum atomic E-state index is 14.4. The Morgan fingerprint density at radius 2 is 1.81 bits per heavy atom. The molecule has 2 amide bonds. The zero-order valence-corrected chi connectivity index (χ0v) is 19.6. The van der Waals surface area contributed by atoms with E-state index in [9.17, 15) is 22.8 Å². The van der Waals surface area contributed by atoms with Gasteiger partial charge in [-0.15, -0.1) is 0 Å². The number of nitrogens with one attached hydrogen (secondary N) is 2. The van der Waals surface area contributed by atoms with Crippen molar-refractivity contribution in [2.24, 2.45) is 0 Å². The molecule has 0 spiro atoms. The van der Waals surface area contributed by atoms with Crippen LogP contribution in [0.5, 0.6) is 0 Å². The van der Waals surface area contributed by atoms with Gasteiger partial charge in [0.15, 0.2) is 0 Å². The summed E-state index contributed by atoms with van der Waals surface area (Å²) >= 11 is 0. The number of halogens is 3. The number of methoxy groups -OCH3 is 1. The van der Waals surface area contributed by atoms with Gasteiger partial charge in [-0.3, -0.25) is 9.59 Å². The molecule has 1 heterocycles. The van der Waals surface area contributed by atoms with E-state index in [0.29, 0.717) is 16.7 Å². The molecule has 0 saturated carbocycles. The number of nitrogens with zero attached hydrogens (tertiary/aromatic N) is 2. The summed E-state index contributed by atoms with van der Waals surface area (Å²) in [5.74, 6) is -2.93. The van der Waals surface area contributed by atoms with Gasteiger partial charge in [0.1, 0.15) is 24.1 Å². The fraction of sp³-hybridized carbons (Fsp3) is 0.192. The Morgan fingerprint density at radius 3 is 2.53 bits per heavy atom. The fourth-order valence-electron chi connectivity index (χ4n) is 3.83. The standard InChI is InChI=1S/C26H23F3N4O3/c1-15-3-8-21(28)20(24(15)29)11-30-26(35)19-9-18(32-23(34)13-36-2)10-22-25(19)33(14-31-22)12-16-4-6-17(27)7-5-16/h3-10,14H,11-13H2,1-2H3,(H,30,35)(H,32,34). The number of amides is 2. The number of carbonyl (C=O) groups excluding carboxylic acids is 2. The molecule has 1 aromatic heterocycles. The molecule has 0 aliphatic rings. The molecule has 186 valence electrons. The second-order valence-electron chi connectivity index (χ2n) is 8.21. The summed E-state index contributed by atoms with van der Waals surface area (Å²) in [5.41, 5.74) is 2.04. The Hall–Kier alpha value is -4.18. The van der Waals surface area contributed by atoms with E-state index in [1.54, 1.807) is 22.8 Å². The van der Waals surface area contributed by atoms with Crippen molar-refractivity contribution in [1.82, 2.24) is 14.9 Å². The molecular weight excluding hydrogens is 473 g/mol. The maximum Gasteiger partial charge on any atom is 0.253 e. The highest BCUT2D eigenvalue weighted by Crippen LogP contribution is 2.25. The van der Waals surface area contributed by atoms with Gasteiger partial charge in [0.25, 0.3) is 5.91 Å². The van der Waals surface area contributed by atoms with Gasteiger partial charge in [0, 0.05) is 31.5 Å². The van der Waals surface area contributed by atoms with Crippen molar-refractivity contribution in [3.63, 3.8) is 0 Å². The summed E-state index contributed by atoms with van der Waals surface area (Å²) < 4.78 is 48.5. The first-order valence-electron chi connectivity index (χ1n) is 11.0. The number of imidazole rings is 1. The van der Waals surface area contributed by atoms with Crippen LogP contribution in [0.15, 0.2) is 54.9 Å². The van der Waals surface area contributed by atoms with Gasteiger partial charge < -0.3 is 19.9 Å². The first-order chi connectivity index (χ1) is 17.3. The van der Waals surface area contributed by atoms with Crippen LogP contribution in [-0.4, -0.2) is 35.1 Å². The van der Waals surface area contributed by atoms with Crippen molar-refractivity contribution in [3.8, 4) is 0 Å². The molecule has 0 fully saturated rings. The minimum atomic E-state index is -0.773. The van der Waals surface area contributed by atoms with Gasteiger partial charge in [0.05, 0.1) is 22.9 Å². The highest BCUT2D eigenvalue weighted by molar-refractivity contribution is 6.07. The Bertz CT molecular complexity index is 1430. The molecule has 0 aliphatic carbocycles. The summed E-state index contributed by atoms with van der Waals surface area (Å²) in [5, 5.41) is 5.20. The predicted octanol–water partition coefficient (Wildman–Crippen LogP) is 4.33.